The largest absolute Gasteiger partial charge is 0.438 e. The fourth-order valence-electron chi connectivity index (χ4n) is 1.60. The Kier molecular flexibility index (Phi) is 2.81. The number of aliphatic hydroxyl groups is 1. The molecule has 5 nitrogen and oxygen atoms in total. The molecule has 96 valence electrons. The number of aromatic nitrogens is 1. The van der Waals surface area contributed by atoms with Crippen LogP contribution in [0.3, 0.4) is 0 Å². The molecule has 0 aromatic carbocycles. The fourth-order valence-corrected chi connectivity index (χ4v) is 1.60. The molecule has 0 radical (unpaired) electrons. The zero-order chi connectivity index (χ0) is 13.4. The second kappa shape index (κ2) is 4.05. The Morgan fingerprint density at radius 2 is 2.22 bits per heavy atom. The van der Waals surface area contributed by atoms with Crippen molar-refractivity contribution in [1.29, 1.82) is 0 Å². The molecule has 0 spiro atoms. The van der Waals surface area contributed by atoms with Crippen LogP contribution in [0.4, 0.5) is 13.2 Å². The molecule has 0 unspecified atom stereocenters. The normalized spacial score (nSPS) is 24.0. The zero-order valence-corrected chi connectivity index (χ0v) is 8.92. The Hall–Kier alpha value is -1.96. The van der Waals surface area contributed by atoms with Crippen molar-refractivity contribution in [2.45, 2.75) is 18.3 Å². The fraction of sp³-hybridized carbons (Fsp3) is 0.300. The first-order chi connectivity index (χ1) is 8.38. The smallest absolute Gasteiger partial charge is 0.362 e. The predicted octanol–water partition coefficient (Wildman–Crippen LogP) is 0.899. The lowest BCUT2D eigenvalue weighted by molar-refractivity contribution is -0.299. The topological polar surface area (TPSA) is 65.8 Å². The maximum atomic E-state index is 12.7. The highest BCUT2D eigenvalue weighted by molar-refractivity contribution is 6.02. The molecule has 0 aliphatic carbocycles. The van der Waals surface area contributed by atoms with E-state index in [1.54, 1.807) is 0 Å². The highest BCUT2D eigenvalue weighted by Gasteiger charge is 2.61. The lowest BCUT2D eigenvalue weighted by Crippen LogP contribution is -2.54. The van der Waals surface area contributed by atoms with E-state index in [0.717, 1.165) is 0 Å². The van der Waals surface area contributed by atoms with E-state index in [0.29, 0.717) is 5.56 Å². The minimum atomic E-state index is -4.98. The van der Waals surface area contributed by atoms with Crippen LogP contribution in [-0.4, -0.2) is 39.1 Å². The quantitative estimate of drug-likeness (QED) is 0.802. The minimum Gasteiger partial charge on any atom is -0.362 e. The third-order valence-corrected chi connectivity index (χ3v) is 2.57. The summed E-state index contributed by atoms with van der Waals surface area (Å²) in [5.74, 6) is 0. The maximum Gasteiger partial charge on any atom is 0.438 e. The van der Waals surface area contributed by atoms with Gasteiger partial charge in [0, 0.05) is 18.0 Å². The number of alkyl halides is 3. The van der Waals surface area contributed by atoms with Crippen molar-refractivity contribution in [3.8, 4) is 0 Å². The zero-order valence-electron chi connectivity index (χ0n) is 8.92. The van der Waals surface area contributed by atoms with Crippen LogP contribution in [0.5, 0.6) is 0 Å². The molecule has 0 fully saturated rings. The Morgan fingerprint density at radius 1 is 1.50 bits per heavy atom. The summed E-state index contributed by atoms with van der Waals surface area (Å²) >= 11 is 0. The van der Waals surface area contributed by atoms with Gasteiger partial charge in [0.05, 0.1) is 12.1 Å². The van der Waals surface area contributed by atoms with E-state index in [2.05, 4.69) is 10.1 Å². The van der Waals surface area contributed by atoms with Crippen molar-refractivity contribution < 1.29 is 23.1 Å². The SMILES string of the molecule is O=CN1N=C(c2cccnc2)C[C@@]1(O)C(F)(F)F. The molecule has 1 aliphatic rings. The van der Waals surface area contributed by atoms with Gasteiger partial charge in [-0.1, -0.05) is 6.07 Å². The van der Waals surface area contributed by atoms with Crippen LogP contribution in [0.2, 0.25) is 0 Å². The van der Waals surface area contributed by atoms with Gasteiger partial charge in [-0.15, -0.1) is 0 Å². The summed E-state index contributed by atoms with van der Waals surface area (Å²) in [5.41, 5.74) is -3.01. The monoisotopic (exact) mass is 259 g/mol. The van der Waals surface area contributed by atoms with Gasteiger partial charge in [-0.25, -0.2) is 0 Å². The van der Waals surface area contributed by atoms with E-state index in [4.69, 9.17) is 0 Å². The van der Waals surface area contributed by atoms with Gasteiger partial charge in [-0.05, 0) is 6.07 Å². The Balaban J connectivity index is 2.37. The summed E-state index contributed by atoms with van der Waals surface area (Å²) in [4.78, 5) is 14.3. The maximum absolute atomic E-state index is 12.7. The summed E-state index contributed by atoms with van der Waals surface area (Å²) in [6.07, 6.45) is -3.20. The predicted molar refractivity (Wildman–Crippen MR) is 54.3 cm³/mol. The molecule has 2 heterocycles. The van der Waals surface area contributed by atoms with E-state index in [1.807, 2.05) is 0 Å². The van der Waals surface area contributed by atoms with Gasteiger partial charge in [0.2, 0.25) is 6.41 Å². The van der Waals surface area contributed by atoms with Crippen molar-refractivity contribution in [2.75, 3.05) is 0 Å². The number of hydrazone groups is 1. The highest BCUT2D eigenvalue weighted by atomic mass is 19.4. The van der Waals surface area contributed by atoms with Crippen molar-refractivity contribution in [2.24, 2.45) is 5.10 Å². The van der Waals surface area contributed by atoms with E-state index >= 15 is 0 Å². The molecule has 1 atom stereocenters. The number of carbonyl (C=O) groups excluding carboxylic acids is 1. The molecule has 0 bridgehead atoms. The summed E-state index contributed by atoms with van der Waals surface area (Å²) in [6, 6.07) is 3.02. The highest BCUT2D eigenvalue weighted by Crippen LogP contribution is 2.40. The van der Waals surface area contributed by atoms with Crippen LogP contribution in [-0.2, 0) is 4.79 Å². The van der Waals surface area contributed by atoms with Crippen molar-refractivity contribution in [1.82, 2.24) is 9.99 Å². The lowest BCUT2D eigenvalue weighted by atomic mass is 10.0. The third-order valence-electron chi connectivity index (χ3n) is 2.57. The van der Waals surface area contributed by atoms with Crippen LogP contribution < -0.4 is 0 Å². The number of hydrogen-bond donors (Lipinski definition) is 1. The second-order valence-electron chi connectivity index (χ2n) is 3.73. The van der Waals surface area contributed by atoms with Gasteiger partial charge in [0.15, 0.2) is 0 Å². The van der Waals surface area contributed by atoms with E-state index < -0.39 is 18.3 Å². The van der Waals surface area contributed by atoms with Crippen molar-refractivity contribution in [3.05, 3.63) is 30.1 Å². The molecule has 1 aliphatic heterocycles. The van der Waals surface area contributed by atoms with Crippen LogP contribution in [0.1, 0.15) is 12.0 Å². The van der Waals surface area contributed by atoms with Crippen molar-refractivity contribution >= 4 is 12.1 Å². The Morgan fingerprint density at radius 3 is 2.67 bits per heavy atom. The van der Waals surface area contributed by atoms with Gasteiger partial charge in [0.25, 0.3) is 5.72 Å². The van der Waals surface area contributed by atoms with Crippen LogP contribution in [0.25, 0.3) is 0 Å². The molecule has 0 saturated carbocycles. The molecule has 1 N–H and O–H groups in total. The molecule has 0 saturated heterocycles. The van der Waals surface area contributed by atoms with E-state index in [-0.39, 0.29) is 17.1 Å². The van der Waals surface area contributed by atoms with Gasteiger partial charge >= 0.3 is 6.18 Å². The first kappa shape index (κ1) is 12.5. The first-order valence-corrected chi connectivity index (χ1v) is 4.90. The van der Waals surface area contributed by atoms with Gasteiger partial charge < -0.3 is 5.11 Å². The number of amides is 1. The Bertz CT molecular complexity index is 489. The first-order valence-electron chi connectivity index (χ1n) is 4.90. The number of carbonyl (C=O) groups is 1. The second-order valence-corrected chi connectivity index (χ2v) is 3.73. The molecular formula is C10H8F3N3O2. The molecule has 2 rings (SSSR count). The van der Waals surface area contributed by atoms with E-state index in [1.165, 1.54) is 24.5 Å². The molecule has 1 aromatic heterocycles. The standard InChI is InChI=1S/C10H8F3N3O2/c11-10(12,13)9(18)4-8(15-16(9)6-17)7-2-1-3-14-5-7/h1-3,5-6,18H,4H2/t9-/m1/s1. The molecule has 18 heavy (non-hydrogen) atoms. The third kappa shape index (κ3) is 1.84. The number of nitrogens with zero attached hydrogens (tertiary/aromatic N) is 3. The lowest BCUT2D eigenvalue weighted by Gasteiger charge is -2.29. The summed E-state index contributed by atoms with van der Waals surface area (Å²) in [5, 5.41) is 13.0. The van der Waals surface area contributed by atoms with Crippen LogP contribution in [0, 0.1) is 0 Å². The van der Waals surface area contributed by atoms with Crippen LogP contribution in [0.15, 0.2) is 29.6 Å². The van der Waals surface area contributed by atoms with Gasteiger partial charge in [-0.3, -0.25) is 9.78 Å². The minimum absolute atomic E-state index is 0.0185. The summed E-state index contributed by atoms with van der Waals surface area (Å²) < 4.78 is 38.2. The summed E-state index contributed by atoms with van der Waals surface area (Å²) in [7, 11) is 0. The number of halogens is 3. The van der Waals surface area contributed by atoms with Crippen molar-refractivity contribution in [3.63, 3.8) is 0 Å². The number of rotatable bonds is 2. The summed E-state index contributed by atoms with van der Waals surface area (Å²) in [6.45, 7) is 0. The average molecular weight is 259 g/mol. The molecule has 1 aromatic rings. The Labute approximate surface area is 99.5 Å². The van der Waals surface area contributed by atoms with Gasteiger partial charge in [0.1, 0.15) is 0 Å². The number of hydrogen-bond acceptors (Lipinski definition) is 4. The molecule has 1 amide bonds. The molecular weight excluding hydrogens is 251 g/mol. The average Bonchev–Trinajstić information content (AvgIpc) is 2.68. The van der Waals surface area contributed by atoms with Gasteiger partial charge in [-0.2, -0.15) is 23.3 Å². The number of pyridine rings is 1. The van der Waals surface area contributed by atoms with Crippen LogP contribution >= 0.6 is 0 Å². The molecule has 8 heteroatoms. The van der Waals surface area contributed by atoms with E-state index in [9.17, 15) is 23.1 Å².